The van der Waals surface area contributed by atoms with Crippen molar-refractivity contribution < 1.29 is 24.2 Å². The molecule has 0 atom stereocenters. The average Bonchev–Trinajstić information content (AvgIpc) is 3.04. The first-order chi connectivity index (χ1) is 16.3. The third kappa shape index (κ3) is 7.31. The van der Waals surface area contributed by atoms with E-state index in [1.165, 1.54) is 11.8 Å². The third-order valence-electron chi connectivity index (χ3n) is 4.97. The highest BCUT2D eigenvalue weighted by atomic mass is 79.9. The predicted molar refractivity (Wildman–Crippen MR) is 145 cm³/mol. The zero-order valence-corrected chi connectivity index (χ0v) is 23.2. The van der Waals surface area contributed by atoms with E-state index in [1.807, 2.05) is 36.4 Å². The Morgan fingerprint density at radius 3 is 2.71 bits per heavy atom. The number of methoxy groups -OCH3 is 1. The highest BCUT2D eigenvalue weighted by Crippen LogP contribution is 2.39. The first-order valence-electron chi connectivity index (χ1n) is 10.5. The van der Waals surface area contributed by atoms with Crippen molar-refractivity contribution in [2.45, 2.75) is 32.3 Å². The van der Waals surface area contributed by atoms with Gasteiger partial charge in [-0.1, -0.05) is 58.5 Å². The summed E-state index contributed by atoms with van der Waals surface area (Å²) >= 11 is 13.7. The Kier molecular flexibility index (Phi) is 9.99. The summed E-state index contributed by atoms with van der Waals surface area (Å²) in [6.07, 6.45) is 3.95. The van der Waals surface area contributed by atoms with Gasteiger partial charge in [0.1, 0.15) is 10.9 Å². The number of ether oxygens (including phenoxy) is 2. The topological polar surface area (TPSA) is 76.1 Å². The number of hydrogen-bond donors (Lipinski definition) is 1. The van der Waals surface area contributed by atoms with Crippen molar-refractivity contribution in [2.75, 3.05) is 13.7 Å². The first kappa shape index (κ1) is 26.7. The van der Waals surface area contributed by atoms with Crippen LogP contribution in [0.3, 0.4) is 0 Å². The van der Waals surface area contributed by atoms with Crippen LogP contribution in [0.4, 0.5) is 0 Å². The number of thiocarbonyl (C=S) groups is 1. The molecule has 1 fully saturated rings. The number of carboxylic acid groups (broad SMARTS) is 1. The van der Waals surface area contributed by atoms with Crippen molar-refractivity contribution in [2.24, 2.45) is 0 Å². The first-order valence-corrected chi connectivity index (χ1v) is 13.3. The Balaban J connectivity index is 1.69. The van der Waals surface area contributed by atoms with Gasteiger partial charge in [0, 0.05) is 17.4 Å². The van der Waals surface area contributed by atoms with Gasteiger partial charge < -0.3 is 14.6 Å². The van der Waals surface area contributed by atoms with Gasteiger partial charge in [0.2, 0.25) is 0 Å². The van der Waals surface area contributed by atoms with Crippen LogP contribution in [-0.4, -0.2) is 39.9 Å². The fourth-order valence-corrected chi connectivity index (χ4v) is 5.64. The zero-order chi connectivity index (χ0) is 24.7. The number of aliphatic carboxylic acids is 1. The maximum absolute atomic E-state index is 12.9. The van der Waals surface area contributed by atoms with E-state index in [2.05, 4.69) is 31.9 Å². The van der Waals surface area contributed by atoms with Crippen molar-refractivity contribution in [3.63, 3.8) is 0 Å². The van der Waals surface area contributed by atoms with Crippen LogP contribution in [0, 0.1) is 0 Å². The van der Waals surface area contributed by atoms with Gasteiger partial charge in [-0.05, 0) is 70.2 Å². The lowest BCUT2D eigenvalue weighted by atomic mass is 10.1. The van der Waals surface area contributed by atoms with E-state index in [9.17, 15) is 9.59 Å². The number of benzene rings is 2. The summed E-state index contributed by atoms with van der Waals surface area (Å²) in [7, 11) is 1.57. The number of carboxylic acids is 1. The predicted octanol–water partition coefficient (Wildman–Crippen LogP) is 6.65. The summed E-state index contributed by atoms with van der Waals surface area (Å²) in [5.74, 6) is 0.177. The summed E-state index contributed by atoms with van der Waals surface area (Å²) < 4.78 is 13.7. The van der Waals surface area contributed by atoms with Crippen molar-refractivity contribution >= 4 is 78.1 Å². The van der Waals surface area contributed by atoms with E-state index in [-0.39, 0.29) is 12.3 Å². The van der Waals surface area contributed by atoms with Gasteiger partial charge in [-0.3, -0.25) is 14.5 Å². The average molecular weight is 629 g/mol. The van der Waals surface area contributed by atoms with Crippen molar-refractivity contribution in [3.05, 3.63) is 61.4 Å². The smallest absolute Gasteiger partial charge is 0.303 e. The Morgan fingerprint density at radius 2 is 2.00 bits per heavy atom. The van der Waals surface area contributed by atoms with E-state index < -0.39 is 5.97 Å². The Labute approximate surface area is 224 Å². The zero-order valence-electron chi connectivity index (χ0n) is 18.4. The number of carbonyl (C=O) groups is 2. The molecule has 0 unspecified atom stereocenters. The minimum Gasteiger partial charge on any atom is -0.493 e. The number of thioether (sulfide) groups is 1. The molecule has 1 amide bonds. The standard InChI is InChI=1S/C24H23Br2NO5S2/c1-31-19-12-16(11-18(26)22(19)32-14-15-6-5-7-17(25)10-15)13-20-23(30)27(24(33)34-20)9-4-2-3-8-21(28)29/h5-7,10-13H,2-4,8-9,14H2,1H3,(H,28,29)/b20-13+. The number of amides is 1. The van der Waals surface area contributed by atoms with Crippen LogP contribution >= 0.6 is 55.8 Å². The van der Waals surface area contributed by atoms with Crippen LogP contribution in [0.2, 0.25) is 0 Å². The van der Waals surface area contributed by atoms with Crippen LogP contribution in [0.15, 0.2) is 50.2 Å². The molecule has 0 saturated carbocycles. The molecule has 2 aromatic carbocycles. The molecule has 1 aliphatic heterocycles. The van der Waals surface area contributed by atoms with Gasteiger partial charge in [0.05, 0.1) is 16.5 Å². The lowest BCUT2D eigenvalue weighted by molar-refractivity contribution is -0.137. The number of carbonyl (C=O) groups excluding carboxylic acids is 1. The number of halogens is 2. The largest absolute Gasteiger partial charge is 0.493 e. The second kappa shape index (κ2) is 12.7. The molecular weight excluding hydrogens is 606 g/mol. The lowest BCUT2D eigenvalue weighted by Gasteiger charge is -2.14. The van der Waals surface area contributed by atoms with E-state index >= 15 is 0 Å². The van der Waals surface area contributed by atoms with Crippen LogP contribution in [0.25, 0.3) is 6.08 Å². The summed E-state index contributed by atoms with van der Waals surface area (Å²) in [4.78, 5) is 25.6. The molecule has 3 rings (SSSR count). The molecule has 34 heavy (non-hydrogen) atoms. The maximum atomic E-state index is 12.9. The van der Waals surface area contributed by atoms with Gasteiger partial charge in [-0.2, -0.15) is 0 Å². The summed E-state index contributed by atoms with van der Waals surface area (Å²) in [6.45, 7) is 0.857. The van der Waals surface area contributed by atoms with Crippen LogP contribution < -0.4 is 9.47 Å². The normalized spacial score (nSPS) is 14.7. The van der Waals surface area contributed by atoms with E-state index in [0.717, 1.165) is 22.0 Å². The molecule has 0 aromatic heterocycles. The number of nitrogens with zero attached hydrogens (tertiary/aromatic N) is 1. The van der Waals surface area contributed by atoms with E-state index in [0.29, 0.717) is 51.2 Å². The molecule has 1 heterocycles. The molecule has 1 N–H and O–H groups in total. The van der Waals surface area contributed by atoms with E-state index in [1.54, 1.807) is 18.1 Å². The van der Waals surface area contributed by atoms with Crippen molar-refractivity contribution in [1.82, 2.24) is 4.90 Å². The second-order valence-corrected chi connectivity index (χ2v) is 10.9. The highest BCUT2D eigenvalue weighted by Gasteiger charge is 2.31. The molecule has 0 aliphatic carbocycles. The summed E-state index contributed by atoms with van der Waals surface area (Å²) in [6, 6.07) is 11.6. The summed E-state index contributed by atoms with van der Waals surface area (Å²) in [5.41, 5.74) is 1.79. The molecule has 10 heteroatoms. The fourth-order valence-electron chi connectivity index (χ4n) is 3.31. The van der Waals surface area contributed by atoms with Gasteiger partial charge in [0.25, 0.3) is 5.91 Å². The van der Waals surface area contributed by atoms with E-state index in [4.69, 9.17) is 26.8 Å². The minimum atomic E-state index is -0.806. The quantitative estimate of drug-likeness (QED) is 0.170. The molecular formula is C24H23Br2NO5S2. The maximum Gasteiger partial charge on any atom is 0.303 e. The highest BCUT2D eigenvalue weighted by molar-refractivity contribution is 9.10. The molecule has 6 nitrogen and oxygen atoms in total. The number of hydrogen-bond acceptors (Lipinski definition) is 6. The van der Waals surface area contributed by atoms with Gasteiger partial charge >= 0.3 is 5.97 Å². The number of rotatable bonds is 11. The second-order valence-electron chi connectivity index (χ2n) is 7.49. The van der Waals surface area contributed by atoms with Crippen LogP contribution in [0.1, 0.15) is 36.8 Å². The van der Waals surface area contributed by atoms with Crippen molar-refractivity contribution in [1.29, 1.82) is 0 Å². The third-order valence-corrected chi connectivity index (χ3v) is 7.43. The molecule has 2 aromatic rings. The molecule has 180 valence electrons. The van der Waals surface area contributed by atoms with Gasteiger partial charge in [-0.15, -0.1) is 0 Å². The van der Waals surface area contributed by atoms with Crippen LogP contribution in [0.5, 0.6) is 11.5 Å². The molecule has 0 spiro atoms. The van der Waals surface area contributed by atoms with Gasteiger partial charge in [-0.25, -0.2) is 0 Å². The monoisotopic (exact) mass is 627 g/mol. The van der Waals surface area contributed by atoms with Crippen molar-refractivity contribution in [3.8, 4) is 11.5 Å². The Bertz CT molecular complexity index is 1120. The van der Waals surface area contributed by atoms with Crippen LogP contribution in [-0.2, 0) is 16.2 Å². The molecule has 0 bridgehead atoms. The lowest BCUT2D eigenvalue weighted by Crippen LogP contribution is -2.29. The van der Waals surface area contributed by atoms with Gasteiger partial charge in [0.15, 0.2) is 11.5 Å². The molecule has 1 aliphatic rings. The Hall–Kier alpha value is -1.88. The number of unbranched alkanes of at least 4 members (excludes halogenated alkanes) is 2. The Morgan fingerprint density at radius 1 is 1.21 bits per heavy atom. The minimum absolute atomic E-state index is 0.137. The molecule has 1 saturated heterocycles. The summed E-state index contributed by atoms with van der Waals surface area (Å²) in [5, 5.41) is 8.73. The SMILES string of the molecule is COc1cc(/C=C2/SC(=S)N(CCCCCC(=O)O)C2=O)cc(Br)c1OCc1cccc(Br)c1. The molecule has 0 radical (unpaired) electrons. The fraction of sp³-hybridized carbons (Fsp3) is 0.292.